The van der Waals surface area contributed by atoms with Crippen LogP contribution in [0.15, 0.2) is 10.2 Å². The zero-order chi connectivity index (χ0) is 8.81. The molecular weight excluding hydrogens is 158 g/mol. The van der Waals surface area contributed by atoms with Gasteiger partial charge in [-0.15, -0.1) is 0 Å². The van der Waals surface area contributed by atoms with Gasteiger partial charge in [-0.25, -0.2) is 0 Å². The van der Waals surface area contributed by atoms with E-state index in [9.17, 15) is 0 Å². The predicted molar refractivity (Wildman–Crippen MR) is 43.1 cm³/mol. The van der Waals surface area contributed by atoms with Crippen molar-refractivity contribution in [3.8, 4) is 0 Å². The Morgan fingerprint density at radius 1 is 1.25 bits per heavy atom. The number of hydrogen-bond acceptors (Lipinski definition) is 3. The van der Waals surface area contributed by atoms with E-state index in [0.717, 1.165) is 19.4 Å². The average molecular weight is 167 g/mol. The third-order valence-electron chi connectivity index (χ3n) is 1.77. The van der Waals surface area contributed by atoms with Crippen LogP contribution in [-0.2, 0) is 0 Å². The van der Waals surface area contributed by atoms with Gasteiger partial charge in [-0.1, -0.05) is 10.2 Å². The van der Waals surface area contributed by atoms with Crippen LogP contribution in [0, 0.1) is 0 Å². The molecule has 1 rings (SSSR count). The first-order chi connectivity index (χ1) is 5.88. The lowest BCUT2D eigenvalue weighted by molar-refractivity contribution is 0.357. The summed E-state index contributed by atoms with van der Waals surface area (Å²) in [5, 5.41) is 9.99. The van der Waals surface area contributed by atoms with E-state index in [1.54, 1.807) is 0 Å². The van der Waals surface area contributed by atoms with Gasteiger partial charge in [0.2, 0.25) is 0 Å². The lowest BCUT2D eigenvalue weighted by Crippen LogP contribution is -2.41. The molecule has 7 heteroatoms. The zero-order valence-electron chi connectivity index (χ0n) is 6.46. The van der Waals surface area contributed by atoms with Crippen molar-refractivity contribution in [2.24, 2.45) is 10.2 Å². The molecule has 1 fully saturated rings. The van der Waals surface area contributed by atoms with Crippen LogP contribution >= 0.6 is 0 Å². The predicted octanol–water partition coefficient (Wildman–Crippen LogP) is 1.69. The van der Waals surface area contributed by atoms with Gasteiger partial charge in [-0.3, -0.25) is 0 Å². The molecule has 0 aliphatic carbocycles. The summed E-state index contributed by atoms with van der Waals surface area (Å²) in [7, 11) is 0. The minimum Gasteiger partial charge on any atom is -0.308 e. The van der Waals surface area contributed by atoms with Crippen molar-refractivity contribution >= 4 is 0 Å². The van der Waals surface area contributed by atoms with Gasteiger partial charge in [-0.05, 0) is 30.4 Å². The molecule has 0 amide bonds. The summed E-state index contributed by atoms with van der Waals surface area (Å²) in [6, 6.07) is -0.236. The van der Waals surface area contributed by atoms with Crippen LogP contribution in [-0.4, -0.2) is 18.8 Å². The highest BCUT2D eigenvalue weighted by atomic mass is 15.3. The molecule has 0 saturated carbocycles. The summed E-state index contributed by atoms with van der Waals surface area (Å²) in [4.78, 5) is 5.36. The Morgan fingerprint density at radius 3 is 2.67 bits per heavy atom. The average Bonchev–Trinajstić information content (AvgIpc) is 2.09. The lowest BCUT2D eigenvalue weighted by atomic mass is 10.1. The van der Waals surface area contributed by atoms with Gasteiger partial charge < -0.3 is 5.32 Å². The number of piperidine rings is 1. The SMILES string of the molecule is [N-]=[N+]=NC1CCCNC1N=[N+]=[N-]. The Morgan fingerprint density at radius 2 is 2.00 bits per heavy atom. The normalized spacial score (nSPS) is 28.3. The van der Waals surface area contributed by atoms with Crippen molar-refractivity contribution < 1.29 is 0 Å². The van der Waals surface area contributed by atoms with Crippen molar-refractivity contribution in [3.05, 3.63) is 20.9 Å². The van der Waals surface area contributed by atoms with Crippen LogP contribution in [0.25, 0.3) is 20.9 Å². The van der Waals surface area contributed by atoms with Gasteiger partial charge in [0.25, 0.3) is 0 Å². The van der Waals surface area contributed by atoms with Gasteiger partial charge in [0.05, 0.1) is 12.2 Å². The van der Waals surface area contributed by atoms with Crippen molar-refractivity contribution in [2.45, 2.75) is 25.0 Å². The monoisotopic (exact) mass is 167 g/mol. The molecule has 1 aliphatic heterocycles. The molecule has 2 unspecified atom stereocenters. The van der Waals surface area contributed by atoms with Gasteiger partial charge >= 0.3 is 0 Å². The Hall–Kier alpha value is -1.42. The fourth-order valence-electron chi connectivity index (χ4n) is 1.22. The molecule has 7 nitrogen and oxygen atoms in total. The molecule has 0 aromatic heterocycles. The third kappa shape index (κ3) is 2.03. The molecule has 2 atom stereocenters. The van der Waals surface area contributed by atoms with Crippen LogP contribution in [0.5, 0.6) is 0 Å². The first kappa shape index (κ1) is 8.67. The summed E-state index contributed by atoms with van der Waals surface area (Å²) in [6.45, 7) is 0.807. The Balaban J connectivity index is 2.65. The molecule has 1 heterocycles. The molecule has 1 saturated heterocycles. The van der Waals surface area contributed by atoms with Crippen molar-refractivity contribution in [2.75, 3.05) is 6.54 Å². The first-order valence-corrected chi connectivity index (χ1v) is 3.70. The quantitative estimate of drug-likeness (QED) is 0.376. The van der Waals surface area contributed by atoms with E-state index in [-0.39, 0.29) is 12.2 Å². The summed E-state index contributed by atoms with van der Waals surface area (Å²) in [6.07, 6.45) is 1.35. The third-order valence-corrected chi connectivity index (χ3v) is 1.77. The van der Waals surface area contributed by atoms with E-state index in [2.05, 4.69) is 25.4 Å². The number of nitrogens with one attached hydrogen (secondary N) is 1. The number of rotatable bonds is 2. The van der Waals surface area contributed by atoms with Crippen LogP contribution in [0.3, 0.4) is 0 Å². The molecule has 12 heavy (non-hydrogen) atoms. The highest BCUT2D eigenvalue weighted by Crippen LogP contribution is 2.13. The summed E-state index contributed by atoms with van der Waals surface area (Å²) in [5.41, 5.74) is 16.4. The Kier molecular flexibility index (Phi) is 3.22. The van der Waals surface area contributed by atoms with Crippen LogP contribution < -0.4 is 5.32 Å². The maximum Gasteiger partial charge on any atom is 0.0946 e. The topological polar surface area (TPSA) is 110 Å². The molecule has 0 spiro atoms. The van der Waals surface area contributed by atoms with E-state index in [1.165, 1.54) is 0 Å². The summed E-state index contributed by atoms with van der Waals surface area (Å²) in [5.74, 6) is 0. The highest BCUT2D eigenvalue weighted by Gasteiger charge is 2.21. The highest BCUT2D eigenvalue weighted by molar-refractivity contribution is 4.85. The molecule has 1 N–H and O–H groups in total. The number of nitrogens with zero attached hydrogens (tertiary/aromatic N) is 6. The van der Waals surface area contributed by atoms with Crippen molar-refractivity contribution in [1.29, 1.82) is 0 Å². The second kappa shape index (κ2) is 4.46. The fraction of sp³-hybridized carbons (Fsp3) is 1.00. The molecule has 0 aromatic rings. The molecule has 64 valence electrons. The van der Waals surface area contributed by atoms with Crippen LogP contribution in [0.4, 0.5) is 0 Å². The van der Waals surface area contributed by atoms with E-state index >= 15 is 0 Å². The fourth-order valence-corrected chi connectivity index (χ4v) is 1.22. The number of azide groups is 2. The molecular formula is C5H9N7. The smallest absolute Gasteiger partial charge is 0.0946 e. The maximum absolute atomic E-state index is 8.20. The van der Waals surface area contributed by atoms with Gasteiger partial charge in [0.15, 0.2) is 0 Å². The molecule has 0 bridgehead atoms. The first-order valence-electron chi connectivity index (χ1n) is 3.70. The zero-order valence-corrected chi connectivity index (χ0v) is 6.46. The summed E-state index contributed by atoms with van der Waals surface area (Å²) < 4.78 is 0. The lowest BCUT2D eigenvalue weighted by Gasteiger charge is -2.25. The van der Waals surface area contributed by atoms with Crippen LogP contribution in [0.2, 0.25) is 0 Å². The Labute approximate surface area is 69.0 Å². The Bertz CT molecular complexity index is 210. The summed E-state index contributed by atoms with van der Waals surface area (Å²) >= 11 is 0. The number of hydrogen-bond donors (Lipinski definition) is 1. The second-order valence-electron chi connectivity index (χ2n) is 2.52. The largest absolute Gasteiger partial charge is 0.308 e. The van der Waals surface area contributed by atoms with E-state index in [0.29, 0.717) is 0 Å². The van der Waals surface area contributed by atoms with Crippen LogP contribution in [0.1, 0.15) is 12.8 Å². The standard InChI is InChI=1S/C5H9N7/c6-11-9-4-2-1-3-8-5(4)10-12-7/h4-5,8H,1-3H2. The molecule has 1 aliphatic rings. The van der Waals surface area contributed by atoms with Gasteiger partial charge in [0.1, 0.15) is 0 Å². The van der Waals surface area contributed by atoms with Gasteiger partial charge in [0, 0.05) is 9.82 Å². The van der Waals surface area contributed by atoms with Gasteiger partial charge in [-0.2, -0.15) is 0 Å². The minimum absolute atomic E-state index is 0.236. The maximum atomic E-state index is 8.20. The van der Waals surface area contributed by atoms with Crippen molar-refractivity contribution in [3.63, 3.8) is 0 Å². The van der Waals surface area contributed by atoms with E-state index in [4.69, 9.17) is 11.1 Å². The van der Waals surface area contributed by atoms with E-state index < -0.39 is 0 Å². The van der Waals surface area contributed by atoms with Crippen molar-refractivity contribution in [1.82, 2.24) is 5.32 Å². The minimum atomic E-state index is -0.375. The van der Waals surface area contributed by atoms with E-state index in [1.807, 2.05) is 0 Å². The second-order valence-corrected chi connectivity index (χ2v) is 2.52. The molecule has 0 aromatic carbocycles. The molecule has 0 radical (unpaired) electrons.